The van der Waals surface area contributed by atoms with Crippen LogP contribution in [-0.2, 0) is 16.6 Å². The summed E-state index contributed by atoms with van der Waals surface area (Å²) in [5, 5.41) is 6.13. The molecule has 5 nitrogen and oxygen atoms in total. The first-order chi connectivity index (χ1) is 8.92. The average molecular weight is 299 g/mol. The van der Waals surface area contributed by atoms with E-state index in [9.17, 15) is 8.42 Å². The molecule has 1 N–H and O–H groups in total. The summed E-state index contributed by atoms with van der Waals surface area (Å²) in [6, 6.07) is 3.32. The van der Waals surface area contributed by atoms with Crippen LogP contribution in [0.2, 0.25) is 0 Å². The molecule has 2 aromatic heterocycles. The molecule has 0 aliphatic heterocycles. The molecule has 0 fully saturated rings. The number of aryl methyl sites for hydroxylation is 1. The minimum absolute atomic E-state index is 0.335. The van der Waals surface area contributed by atoms with Crippen molar-refractivity contribution in [3.8, 4) is 0 Å². The Labute approximate surface area is 117 Å². The average Bonchev–Trinajstić information content (AvgIpc) is 2.96. The Balaban J connectivity index is 1.99. The van der Waals surface area contributed by atoms with Crippen molar-refractivity contribution in [1.82, 2.24) is 14.5 Å². The third-order valence-electron chi connectivity index (χ3n) is 3.12. The Bertz CT molecular complexity index is 657. The molecule has 0 bridgehead atoms. The van der Waals surface area contributed by atoms with Crippen LogP contribution in [0.1, 0.15) is 17.0 Å². The quantitative estimate of drug-likeness (QED) is 0.916. The van der Waals surface area contributed by atoms with Gasteiger partial charge in [0.25, 0.3) is 0 Å². The molecular formula is C12H17N3O2S2. The highest BCUT2D eigenvalue weighted by Gasteiger charge is 2.14. The van der Waals surface area contributed by atoms with Crippen molar-refractivity contribution in [2.45, 2.75) is 31.5 Å². The van der Waals surface area contributed by atoms with Crippen LogP contribution in [0.3, 0.4) is 0 Å². The van der Waals surface area contributed by atoms with E-state index >= 15 is 0 Å². The molecule has 0 atom stereocenters. The minimum atomic E-state index is -3.38. The highest BCUT2D eigenvalue weighted by atomic mass is 32.2. The molecule has 0 aliphatic rings. The van der Waals surface area contributed by atoms with E-state index in [1.165, 1.54) is 11.3 Å². The number of hydrogen-bond donors (Lipinski definition) is 1. The second kappa shape index (κ2) is 5.44. The summed E-state index contributed by atoms with van der Waals surface area (Å²) in [7, 11) is -3.38. The molecule has 0 aromatic carbocycles. The summed E-state index contributed by atoms with van der Waals surface area (Å²) in [6.07, 6.45) is 0. The molecule has 7 heteroatoms. The number of hydrogen-bond acceptors (Lipinski definition) is 4. The van der Waals surface area contributed by atoms with E-state index in [4.69, 9.17) is 0 Å². The lowest BCUT2D eigenvalue weighted by atomic mass is 10.2. The monoisotopic (exact) mass is 299 g/mol. The highest BCUT2D eigenvalue weighted by Crippen LogP contribution is 2.15. The zero-order chi connectivity index (χ0) is 14.0. The maximum Gasteiger partial charge on any atom is 0.250 e. The molecule has 0 radical (unpaired) electrons. The number of nitrogens with zero attached hydrogens (tertiary/aromatic N) is 2. The normalized spacial score (nSPS) is 11.9. The molecule has 0 unspecified atom stereocenters. The first-order valence-electron chi connectivity index (χ1n) is 5.95. The Kier molecular flexibility index (Phi) is 4.07. The molecule has 19 heavy (non-hydrogen) atoms. The lowest BCUT2D eigenvalue weighted by Crippen LogP contribution is -2.27. The number of sulfonamides is 1. The van der Waals surface area contributed by atoms with Crippen LogP contribution < -0.4 is 4.72 Å². The van der Waals surface area contributed by atoms with Crippen LogP contribution in [0.5, 0.6) is 0 Å². The predicted molar refractivity (Wildman–Crippen MR) is 75.9 cm³/mol. The van der Waals surface area contributed by atoms with Gasteiger partial charge in [0.05, 0.1) is 12.2 Å². The topological polar surface area (TPSA) is 64.0 Å². The van der Waals surface area contributed by atoms with Gasteiger partial charge in [0.1, 0.15) is 4.21 Å². The predicted octanol–water partition coefficient (Wildman–Crippen LogP) is 1.85. The van der Waals surface area contributed by atoms with Gasteiger partial charge in [0.15, 0.2) is 0 Å². The van der Waals surface area contributed by atoms with Crippen LogP contribution in [0.25, 0.3) is 0 Å². The fourth-order valence-electron chi connectivity index (χ4n) is 1.78. The van der Waals surface area contributed by atoms with E-state index in [-0.39, 0.29) is 0 Å². The van der Waals surface area contributed by atoms with Gasteiger partial charge in [-0.15, -0.1) is 11.3 Å². The highest BCUT2D eigenvalue weighted by molar-refractivity contribution is 7.91. The summed E-state index contributed by atoms with van der Waals surface area (Å²) in [5.74, 6) is 0. The minimum Gasteiger partial charge on any atom is -0.268 e. The third-order valence-corrected chi connectivity index (χ3v) is 5.98. The van der Waals surface area contributed by atoms with Crippen LogP contribution in [0.15, 0.2) is 21.7 Å². The zero-order valence-electron chi connectivity index (χ0n) is 11.2. The van der Waals surface area contributed by atoms with Crippen molar-refractivity contribution >= 4 is 21.4 Å². The maximum absolute atomic E-state index is 11.9. The molecule has 0 amide bonds. The second-order valence-electron chi connectivity index (χ2n) is 4.35. The molecular weight excluding hydrogens is 282 g/mol. The van der Waals surface area contributed by atoms with Crippen molar-refractivity contribution in [3.05, 3.63) is 34.5 Å². The van der Waals surface area contributed by atoms with Gasteiger partial charge in [-0.25, -0.2) is 13.1 Å². The smallest absolute Gasteiger partial charge is 0.250 e. The van der Waals surface area contributed by atoms with Crippen molar-refractivity contribution in [2.24, 2.45) is 0 Å². The fraction of sp³-hybridized carbons (Fsp3) is 0.417. The molecule has 0 saturated carbocycles. The van der Waals surface area contributed by atoms with E-state index < -0.39 is 10.0 Å². The molecule has 0 saturated heterocycles. The van der Waals surface area contributed by atoms with Crippen molar-refractivity contribution in [2.75, 3.05) is 6.54 Å². The molecule has 104 valence electrons. The van der Waals surface area contributed by atoms with Crippen LogP contribution >= 0.6 is 11.3 Å². The van der Waals surface area contributed by atoms with Gasteiger partial charge in [0, 0.05) is 12.2 Å². The number of nitrogens with one attached hydrogen (secondary N) is 1. The summed E-state index contributed by atoms with van der Waals surface area (Å²) in [5.41, 5.74) is 3.22. The Morgan fingerprint density at radius 1 is 1.37 bits per heavy atom. The molecule has 0 spiro atoms. The Morgan fingerprint density at radius 3 is 2.63 bits per heavy atom. The summed E-state index contributed by atoms with van der Waals surface area (Å²) in [4.78, 5) is 0. The second-order valence-corrected chi connectivity index (χ2v) is 7.29. The first-order valence-corrected chi connectivity index (χ1v) is 8.32. The summed E-state index contributed by atoms with van der Waals surface area (Å²) < 4.78 is 28.6. The standard InChI is InChI=1S/C12H17N3O2S2/c1-9-10(2)14-15(11(9)3)7-6-13-19(16,17)12-5-4-8-18-12/h4-5,8,13H,6-7H2,1-3H3. The fourth-order valence-corrected chi connectivity index (χ4v) is 3.84. The van der Waals surface area contributed by atoms with E-state index in [0.29, 0.717) is 17.3 Å². The van der Waals surface area contributed by atoms with E-state index in [2.05, 4.69) is 9.82 Å². The summed E-state index contributed by atoms with van der Waals surface area (Å²) >= 11 is 1.21. The van der Waals surface area contributed by atoms with Gasteiger partial charge in [-0.2, -0.15) is 5.10 Å². The lowest BCUT2D eigenvalue weighted by Gasteiger charge is -2.06. The zero-order valence-corrected chi connectivity index (χ0v) is 12.8. The van der Waals surface area contributed by atoms with Gasteiger partial charge in [-0.05, 0) is 37.8 Å². The lowest BCUT2D eigenvalue weighted by molar-refractivity contribution is 0.555. The van der Waals surface area contributed by atoms with Crippen LogP contribution in [-0.4, -0.2) is 24.7 Å². The van der Waals surface area contributed by atoms with Gasteiger partial charge in [-0.3, -0.25) is 4.68 Å². The number of rotatable bonds is 5. The van der Waals surface area contributed by atoms with Crippen molar-refractivity contribution in [3.63, 3.8) is 0 Å². The maximum atomic E-state index is 11.9. The summed E-state index contributed by atoms with van der Waals surface area (Å²) in [6.45, 7) is 6.83. The van der Waals surface area contributed by atoms with Gasteiger partial charge >= 0.3 is 0 Å². The van der Waals surface area contributed by atoms with Crippen molar-refractivity contribution < 1.29 is 8.42 Å². The van der Waals surface area contributed by atoms with Crippen LogP contribution in [0.4, 0.5) is 0 Å². The Hall–Kier alpha value is -1.18. The number of thiophene rings is 1. The molecule has 0 aliphatic carbocycles. The number of aromatic nitrogens is 2. The molecule has 2 rings (SSSR count). The van der Waals surface area contributed by atoms with E-state index in [0.717, 1.165) is 17.0 Å². The largest absolute Gasteiger partial charge is 0.268 e. The Morgan fingerprint density at radius 2 is 2.11 bits per heavy atom. The van der Waals surface area contributed by atoms with Crippen molar-refractivity contribution in [1.29, 1.82) is 0 Å². The van der Waals surface area contributed by atoms with E-state index in [1.807, 2.05) is 25.5 Å². The first kappa shape index (κ1) is 14.2. The SMILES string of the molecule is Cc1nn(CCNS(=O)(=O)c2cccs2)c(C)c1C. The van der Waals surface area contributed by atoms with E-state index in [1.54, 1.807) is 17.5 Å². The molecule has 2 heterocycles. The van der Waals surface area contributed by atoms with Gasteiger partial charge in [-0.1, -0.05) is 6.07 Å². The van der Waals surface area contributed by atoms with Gasteiger partial charge in [0.2, 0.25) is 10.0 Å². The third kappa shape index (κ3) is 3.05. The molecule has 2 aromatic rings. The van der Waals surface area contributed by atoms with Gasteiger partial charge < -0.3 is 0 Å². The van der Waals surface area contributed by atoms with Crippen LogP contribution in [0, 0.1) is 20.8 Å².